The van der Waals surface area contributed by atoms with Gasteiger partial charge in [0.05, 0.1) is 0 Å². The van der Waals surface area contributed by atoms with Gasteiger partial charge in [0.25, 0.3) is 0 Å². The molecule has 1 aromatic heterocycles. The molecule has 0 aromatic carbocycles. The van der Waals surface area contributed by atoms with Crippen LogP contribution in [0.4, 0.5) is 5.82 Å². The van der Waals surface area contributed by atoms with Crippen LogP contribution < -0.4 is 0 Å². The molecule has 0 saturated heterocycles. The Hall–Kier alpha value is -1.19. The van der Waals surface area contributed by atoms with E-state index in [1.54, 1.807) is 6.07 Å². The largest absolute Gasteiger partial charge is 0.359 e. The van der Waals surface area contributed by atoms with Crippen LogP contribution in [0.25, 0.3) is 0 Å². The molecule has 4 nitrogen and oxygen atoms in total. The summed E-state index contributed by atoms with van der Waals surface area (Å²) in [4.78, 5) is 9.85. The van der Waals surface area contributed by atoms with E-state index in [4.69, 9.17) is 4.52 Å². The lowest BCUT2D eigenvalue weighted by Gasteiger charge is -1.83. The highest BCUT2D eigenvalue weighted by molar-refractivity contribution is 5.25. The van der Waals surface area contributed by atoms with Crippen LogP contribution in [0.15, 0.2) is 15.8 Å². The van der Waals surface area contributed by atoms with E-state index in [0.717, 1.165) is 18.6 Å². The van der Waals surface area contributed by atoms with E-state index in [-0.39, 0.29) is 5.82 Å². The minimum absolute atomic E-state index is 0.128. The molecule has 0 fully saturated rings. The Morgan fingerprint density at radius 1 is 1.80 bits per heavy atom. The molecule has 0 radical (unpaired) electrons. The first-order valence-electron chi connectivity index (χ1n) is 3.15. The van der Waals surface area contributed by atoms with Gasteiger partial charge >= 0.3 is 0 Å². The summed E-state index contributed by atoms with van der Waals surface area (Å²) in [7, 11) is 0. The zero-order chi connectivity index (χ0) is 7.40. The van der Waals surface area contributed by atoms with E-state index in [9.17, 15) is 4.91 Å². The number of hydrogen-bond acceptors (Lipinski definition) is 4. The van der Waals surface area contributed by atoms with Crippen molar-refractivity contribution in [2.24, 2.45) is 5.18 Å². The van der Waals surface area contributed by atoms with Crippen molar-refractivity contribution >= 4 is 5.82 Å². The van der Waals surface area contributed by atoms with E-state index in [1.807, 2.05) is 6.92 Å². The van der Waals surface area contributed by atoms with Crippen molar-refractivity contribution in [1.82, 2.24) is 5.16 Å². The van der Waals surface area contributed by atoms with Gasteiger partial charge < -0.3 is 4.52 Å². The molecule has 54 valence electrons. The van der Waals surface area contributed by atoms with Crippen molar-refractivity contribution in [3.05, 3.63) is 16.7 Å². The van der Waals surface area contributed by atoms with Crippen LogP contribution in [0.3, 0.4) is 0 Å². The lowest BCUT2D eigenvalue weighted by molar-refractivity contribution is 0.384. The first-order valence-corrected chi connectivity index (χ1v) is 3.15. The SMILES string of the molecule is CCCc1cc(N=O)no1. The molecule has 0 aliphatic heterocycles. The summed E-state index contributed by atoms with van der Waals surface area (Å²) < 4.78 is 4.75. The van der Waals surface area contributed by atoms with Crippen molar-refractivity contribution in [2.45, 2.75) is 19.8 Å². The summed E-state index contributed by atoms with van der Waals surface area (Å²) in [6.45, 7) is 2.02. The smallest absolute Gasteiger partial charge is 0.238 e. The summed E-state index contributed by atoms with van der Waals surface area (Å²) in [5.74, 6) is 0.848. The normalized spacial score (nSPS) is 9.70. The summed E-state index contributed by atoms with van der Waals surface area (Å²) in [6, 6.07) is 1.55. The van der Waals surface area contributed by atoms with Gasteiger partial charge in [-0.2, -0.15) is 0 Å². The van der Waals surface area contributed by atoms with Gasteiger partial charge in [-0.25, -0.2) is 0 Å². The molecule has 0 saturated carbocycles. The fourth-order valence-corrected chi connectivity index (χ4v) is 0.709. The summed E-state index contributed by atoms with van der Waals surface area (Å²) in [6.07, 6.45) is 1.79. The minimum atomic E-state index is 0.128. The summed E-state index contributed by atoms with van der Waals surface area (Å²) in [5.41, 5.74) is 0. The fraction of sp³-hybridized carbons (Fsp3) is 0.500. The topological polar surface area (TPSA) is 55.5 Å². The van der Waals surface area contributed by atoms with Crippen LogP contribution in [-0.2, 0) is 6.42 Å². The fourth-order valence-electron chi connectivity index (χ4n) is 0.709. The molecule has 1 rings (SSSR count). The third kappa shape index (κ3) is 1.40. The maximum absolute atomic E-state index is 9.85. The lowest BCUT2D eigenvalue weighted by Crippen LogP contribution is -1.74. The van der Waals surface area contributed by atoms with Gasteiger partial charge in [-0.1, -0.05) is 12.1 Å². The first-order chi connectivity index (χ1) is 4.86. The second-order valence-corrected chi connectivity index (χ2v) is 1.99. The number of hydrogen-bond donors (Lipinski definition) is 0. The molecular formula is C6H8N2O2. The Bertz CT molecular complexity index is 219. The van der Waals surface area contributed by atoms with E-state index in [0.29, 0.717) is 0 Å². The first kappa shape index (κ1) is 6.92. The van der Waals surface area contributed by atoms with Crippen LogP contribution >= 0.6 is 0 Å². The average molecular weight is 140 g/mol. The highest BCUT2D eigenvalue weighted by Crippen LogP contribution is 2.12. The van der Waals surface area contributed by atoms with Gasteiger partial charge in [0.1, 0.15) is 5.76 Å². The van der Waals surface area contributed by atoms with Crippen LogP contribution in [-0.4, -0.2) is 5.16 Å². The van der Waals surface area contributed by atoms with Gasteiger partial charge in [0.15, 0.2) is 0 Å². The van der Waals surface area contributed by atoms with Crippen molar-refractivity contribution in [1.29, 1.82) is 0 Å². The number of nitrogens with zero attached hydrogens (tertiary/aromatic N) is 2. The van der Waals surface area contributed by atoms with E-state index in [1.165, 1.54) is 0 Å². The second-order valence-electron chi connectivity index (χ2n) is 1.99. The molecule has 0 aliphatic rings. The second kappa shape index (κ2) is 3.10. The molecule has 4 heteroatoms. The Labute approximate surface area is 58.2 Å². The molecule has 0 bridgehead atoms. The Balaban J connectivity index is 2.68. The predicted octanol–water partition coefficient (Wildman–Crippen LogP) is 2.03. The third-order valence-electron chi connectivity index (χ3n) is 1.14. The predicted molar refractivity (Wildman–Crippen MR) is 36.0 cm³/mol. The highest BCUT2D eigenvalue weighted by Gasteiger charge is 2.00. The molecule has 0 atom stereocenters. The van der Waals surface area contributed by atoms with E-state index >= 15 is 0 Å². The van der Waals surface area contributed by atoms with Gasteiger partial charge in [-0.3, -0.25) is 0 Å². The maximum atomic E-state index is 9.85. The zero-order valence-corrected chi connectivity index (χ0v) is 5.70. The molecule has 10 heavy (non-hydrogen) atoms. The van der Waals surface area contributed by atoms with Crippen molar-refractivity contribution in [3.63, 3.8) is 0 Å². The summed E-state index contributed by atoms with van der Waals surface area (Å²) >= 11 is 0. The molecule has 1 aromatic rings. The molecule has 0 amide bonds. The molecule has 1 heterocycles. The number of nitroso groups, excluding NO2 is 1. The van der Waals surface area contributed by atoms with Crippen molar-refractivity contribution in [2.75, 3.05) is 0 Å². The van der Waals surface area contributed by atoms with Gasteiger partial charge in [0, 0.05) is 12.5 Å². The summed E-state index contributed by atoms with van der Waals surface area (Å²) in [5, 5.41) is 6.02. The number of aryl methyl sites for hydroxylation is 1. The molecule has 0 N–H and O–H groups in total. The Morgan fingerprint density at radius 2 is 2.60 bits per heavy atom. The Morgan fingerprint density at radius 3 is 3.10 bits per heavy atom. The van der Waals surface area contributed by atoms with Crippen LogP contribution in [0.5, 0.6) is 0 Å². The van der Waals surface area contributed by atoms with Crippen LogP contribution in [0.2, 0.25) is 0 Å². The number of rotatable bonds is 3. The van der Waals surface area contributed by atoms with Crippen molar-refractivity contribution < 1.29 is 4.52 Å². The quantitative estimate of drug-likeness (QED) is 0.603. The molecule has 0 unspecified atom stereocenters. The highest BCUT2D eigenvalue weighted by atomic mass is 16.5. The molecule has 0 spiro atoms. The lowest BCUT2D eigenvalue weighted by atomic mass is 10.3. The average Bonchev–Trinajstić information content (AvgIpc) is 2.37. The van der Waals surface area contributed by atoms with Crippen molar-refractivity contribution in [3.8, 4) is 0 Å². The molecular weight excluding hydrogens is 132 g/mol. The molecule has 0 aliphatic carbocycles. The van der Waals surface area contributed by atoms with Gasteiger partial charge in [-0.05, 0) is 11.6 Å². The van der Waals surface area contributed by atoms with Gasteiger partial charge in [0.2, 0.25) is 5.82 Å². The zero-order valence-electron chi connectivity index (χ0n) is 5.70. The number of aromatic nitrogens is 1. The standard InChI is InChI=1S/C6H8N2O2/c1-2-3-5-4-6(7-9)8-10-5/h4H,2-3H2,1H3. The minimum Gasteiger partial charge on any atom is -0.359 e. The van der Waals surface area contributed by atoms with Gasteiger partial charge in [-0.15, -0.1) is 4.91 Å². The van der Waals surface area contributed by atoms with Crippen LogP contribution in [0.1, 0.15) is 19.1 Å². The third-order valence-corrected chi connectivity index (χ3v) is 1.14. The maximum Gasteiger partial charge on any atom is 0.238 e. The Kier molecular flexibility index (Phi) is 2.15. The van der Waals surface area contributed by atoms with E-state index in [2.05, 4.69) is 10.3 Å². The van der Waals surface area contributed by atoms with E-state index < -0.39 is 0 Å². The van der Waals surface area contributed by atoms with Crippen LogP contribution in [0, 0.1) is 4.91 Å². The monoisotopic (exact) mass is 140 g/mol.